The highest BCUT2D eigenvalue weighted by Crippen LogP contribution is 2.21. The summed E-state index contributed by atoms with van der Waals surface area (Å²) >= 11 is 0. The van der Waals surface area contributed by atoms with E-state index in [2.05, 4.69) is 10.6 Å². The Morgan fingerprint density at radius 2 is 1.92 bits per heavy atom. The van der Waals surface area contributed by atoms with Gasteiger partial charge in [-0.3, -0.25) is 14.9 Å². The zero-order valence-electron chi connectivity index (χ0n) is 13.4. The molecule has 1 amide bonds. The summed E-state index contributed by atoms with van der Waals surface area (Å²) in [5.74, 6) is -0.546. The van der Waals surface area contributed by atoms with Gasteiger partial charge in [0, 0.05) is 24.4 Å². The Hall–Kier alpha value is -2.96. The summed E-state index contributed by atoms with van der Waals surface area (Å²) in [5, 5.41) is 16.4. The van der Waals surface area contributed by atoms with Crippen molar-refractivity contribution in [3.05, 3.63) is 69.0 Å². The molecule has 0 saturated heterocycles. The van der Waals surface area contributed by atoms with Crippen LogP contribution in [0, 0.1) is 29.8 Å². The van der Waals surface area contributed by atoms with Crippen LogP contribution in [0.15, 0.2) is 36.4 Å². The van der Waals surface area contributed by atoms with Crippen molar-refractivity contribution >= 4 is 17.3 Å². The van der Waals surface area contributed by atoms with E-state index >= 15 is 0 Å². The number of non-ortho nitro benzene ring substituents is 1. The molecular formula is C17H18FN3O3. The molecule has 24 heavy (non-hydrogen) atoms. The molecule has 0 aliphatic carbocycles. The van der Waals surface area contributed by atoms with Crippen molar-refractivity contribution in [2.24, 2.45) is 0 Å². The van der Waals surface area contributed by atoms with Crippen molar-refractivity contribution in [3.63, 3.8) is 0 Å². The standard InChI is InChI=1S/C17H18FN3O3/c1-11-3-5-14(21(23)24)8-16(11)19-10-17(22)20-9-13-4-6-15(18)12(2)7-13/h3-8,19H,9-10H2,1-2H3,(H,20,22). The van der Waals surface area contributed by atoms with E-state index in [4.69, 9.17) is 0 Å². The van der Waals surface area contributed by atoms with Crippen LogP contribution in [0.25, 0.3) is 0 Å². The van der Waals surface area contributed by atoms with Crippen molar-refractivity contribution in [3.8, 4) is 0 Å². The molecule has 126 valence electrons. The molecule has 0 bridgehead atoms. The zero-order chi connectivity index (χ0) is 17.7. The van der Waals surface area contributed by atoms with Gasteiger partial charge in [-0.15, -0.1) is 0 Å². The molecule has 2 aromatic carbocycles. The lowest BCUT2D eigenvalue weighted by atomic mass is 10.1. The first-order valence-corrected chi connectivity index (χ1v) is 7.37. The largest absolute Gasteiger partial charge is 0.376 e. The molecule has 0 aliphatic heterocycles. The number of halogens is 1. The van der Waals surface area contributed by atoms with E-state index in [1.165, 1.54) is 18.2 Å². The molecule has 2 N–H and O–H groups in total. The number of benzene rings is 2. The fourth-order valence-electron chi connectivity index (χ4n) is 2.17. The molecule has 0 saturated carbocycles. The molecule has 0 aliphatic rings. The van der Waals surface area contributed by atoms with Crippen molar-refractivity contribution in [2.45, 2.75) is 20.4 Å². The van der Waals surface area contributed by atoms with Crippen LogP contribution in [-0.2, 0) is 11.3 Å². The van der Waals surface area contributed by atoms with Gasteiger partial charge >= 0.3 is 0 Å². The van der Waals surface area contributed by atoms with Crippen molar-refractivity contribution < 1.29 is 14.1 Å². The number of nitro benzene ring substituents is 1. The van der Waals surface area contributed by atoms with Gasteiger partial charge < -0.3 is 10.6 Å². The quantitative estimate of drug-likeness (QED) is 0.629. The van der Waals surface area contributed by atoms with Crippen LogP contribution in [0.2, 0.25) is 0 Å². The Bertz CT molecular complexity index is 778. The molecule has 0 radical (unpaired) electrons. The van der Waals surface area contributed by atoms with Crippen LogP contribution in [0.4, 0.5) is 15.8 Å². The third-order valence-corrected chi connectivity index (χ3v) is 3.58. The highest BCUT2D eigenvalue weighted by atomic mass is 19.1. The predicted octanol–water partition coefficient (Wildman–Crippen LogP) is 3.08. The number of hydrogen-bond donors (Lipinski definition) is 2. The van der Waals surface area contributed by atoms with Gasteiger partial charge in [-0.2, -0.15) is 0 Å². The molecule has 0 atom stereocenters. The van der Waals surface area contributed by atoms with E-state index in [1.807, 2.05) is 0 Å². The zero-order valence-corrected chi connectivity index (χ0v) is 13.4. The van der Waals surface area contributed by atoms with Gasteiger partial charge in [-0.05, 0) is 36.6 Å². The van der Waals surface area contributed by atoms with Crippen molar-refractivity contribution in [1.82, 2.24) is 5.32 Å². The van der Waals surface area contributed by atoms with Gasteiger partial charge in [0.1, 0.15) is 5.82 Å². The second-order valence-electron chi connectivity index (χ2n) is 5.47. The Labute approximate surface area is 138 Å². The lowest BCUT2D eigenvalue weighted by Crippen LogP contribution is -2.29. The van der Waals surface area contributed by atoms with Gasteiger partial charge in [0.2, 0.25) is 5.91 Å². The van der Waals surface area contributed by atoms with Crippen LogP contribution in [0.3, 0.4) is 0 Å². The first-order chi connectivity index (χ1) is 11.4. The summed E-state index contributed by atoms with van der Waals surface area (Å²) < 4.78 is 13.2. The van der Waals surface area contributed by atoms with Crippen LogP contribution >= 0.6 is 0 Å². The minimum absolute atomic E-state index is 0.0117. The third-order valence-electron chi connectivity index (χ3n) is 3.58. The van der Waals surface area contributed by atoms with Crippen LogP contribution in [0.5, 0.6) is 0 Å². The minimum Gasteiger partial charge on any atom is -0.376 e. The SMILES string of the molecule is Cc1cc(CNC(=O)CNc2cc([N+](=O)[O-])ccc2C)ccc1F. The summed E-state index contributed by atoms with van der Waals surface area (Å²) in [5.41, 5.74) is 2.63. The molecule has 2 aromatic rings. The second kappa shape index (κ2) is 7.54. The summed E-state index contributed by atoms with van der Waals surface area (Å²) in [4.78, 5) is 22.2. The van der Waals surface area contributed by atoms with Crippen molar-refractivity contribution in [1.29, 1.82) is 0 Å². The maximum absolute atomic E-state index is 13.2. The number of rotatable bonds is 6. The Morgan fingerprint density at radius 3 is 2.58 bits per heavy atom. The first kappa shape index (κ1) is 17.4. The number of nitrogens with one attached hydrogen (secondary N) is 2. The number of amides is 1. The summed E-state index contributed by atoms with van der Waals surface area (Å²) in [7, 11) is 0. The lowest BCUT2D eigenvalue weighted by Gasteiger charge is -2.10. The monoisotopic (exact) mass is 331 g/mol. The van der Waals surface area contributed by atoms with E-state index in [9.17, 15) is 19.3 Å². The number of anilines is 1. The van der Waals surface area contributed by atoms with Gasteiger partial charge in [0.15, 0.2) is 0 Å². The van der Waals surface area contributed by atoms with Gasteiger partial charge in [-0.1, -0.05) is 18.2 Å². The Morgan fingerprint density at radius 1 is 1.17 bits per heavy atom. The molecule has 0 aromatic heterocycles. The maximum Gasteiger partial charge on any atom is 0.271 e. The molecule has 0 fully saturated rings. The van der Waals surface area contributed by atoms with Crippen LogP contribution in [-0.4, -0.2) is 17.4 Å². The smallest absolute Gasteiger partial charge is 0.271 e. The first-order valence-electron chi connectivity index (χ1n) is 7.37. The summed E-state index contributed by atoms with van der Waals surface area (Å²) in [6.07, 6.45) is 0. The average molecular weight is 331 g/mol. The molecule has 0 heterocycles. The molecule has 6 nitrogen and oxygen atoms in total. The maximum atomic E-state index is 13.2. The fraction of sp³-hybridized carbons (Fsp3) is 0.235. The second-order valence-corrected chi connectivity index (χ2v) is 5.47. The molecule has 7 heteroatoms. The molecular weight excluding hydrogens is 313 g/mol. The normalized spacial score (nSPS) is 10.3. The average Bonchev–Trinajstić information content (AvgIpc) is 2.55. The highest BCUT2D eigenvalue weighted by Gasteiger charge is 2.09. The number of carbonyl (C=O) groups is 1. The van der Waals surface area contributed by atoms with Gasteiger partial charge in [0.25, 0.3) is 5.69 Å². The lowest BCUT2D eigenvalue weighted by molar-refractivity contribution is -0.384. The van der Waals surface area contributed by atoms with Gasteiger partial charge in [0.05, 0.1) is 11.5 Å². The topological polar surface area (TPSA) is 84.3 Å². The van der Waals surface area contributed by atoms with E-state index in [1.54, 1.807) is 32.0 Å². The van der Waals surface area contributed by atoms with Crippen LogP contribution < -0.4 is 10.6 Å². The molecule has 2 rings (SSSR count). The summed E-state index contributed by atoms with van der Waals surface area (Å²) in [6, 6.07) is 9.08. The summed E-state index contributed by atoms with van der Waals surface area (Å²) in [6.45, 7) is 3.73. The third kappa shape index (κ3) is 4.52. The Balaban J connectivity index is 1.90. The number of aryl methyl sites for hydroxylation is 2. The minimum atomic E-state index is -0.485. The fourth-order valence-corrected chi connectivity index (χ4v) is 2.17. The number of nitro groups is 1. The number of nitrogens with zero attached hydrogens (tertiary/aromatic N) is 1. The molecule has 0 spiro atoms. The molecule has 0 unspecified atom stereocenters. The number of hydrogen-bond acceptors (Lipinski definition) is 4. The predicted molar refractivity (Wildman–Crippen MR) is 89.3 cm³/mol. The van der Waals surface area contributed by atoms with E-state index in [0.717, 1.165) is 11.1 Å². The Kier molecular flexibility index (Phi) is 5.47. The van der Waals surface area contributed by atoms with E-state index < -0.39 is 4.92 Å². The van der Waals surface area contributed by atoms with E-state index in [-0.39, 0.29) is 30.5 Å². The van der Waals surface area contributed by atoms with Crippen LogP contribution in [0.1, 0.15) is 16.7 Å². The van der Waals surface area contributed by atoms with E-state index in [0.29, 0.717) is 11.3 Å². The van der Waals surface area contributed by atoms with Crippen molar-refractivity contribution in [2.75, 3.05) is 11.9 Å². The number of carbonyl (C=O) groups excluding carboxylic acids is 1. The van der Waals surface area contributed by atoms with Gasteiger partial charge in [-0.25, -0.2) is 4.39 Å². The highest BCUT2D eigenvalue weighted by molar-refractivity contribution is 5.81.